The Kier molecular flexibility index (Phi) is 4.72. The van der Waals surface area contributed by atoms with Crippen LogP contribution in [0.4, 0.5) is 5.69 Å². The zero-order valence-corrected chi connectivity index (χ0v) is 18.1. The van der Waals surface area contributed by atoms with Crippen molar-refractivity contribution in [1.29, 1.82) is 0 Å². The standard InChI is InChI=1S/C23H21N3O2S2/c1-17-14-19-10-5-6-11-20(19)26(17)30(27,28)22-16-25(15-18-8-3-2-4-9-18)24-23(22)21-12-7-13-29-21/h2-13,16-17H,14-15H2,1H3. The van der Waals surface area contributed by atoms with Gasteiger partial charge in [0.25, 0.3) is 10.0 Å². The van der Waals surface area contributed by atoms with Crippen LogP contribution in [-0.4, -0.2) is 24.2 Å². The van der Waals surface area contributed by atoms with Gasteiger partial charge in [-0.2, -0.15) is 5.10 Å². The first-order valence-corrected chi connectivity index (χ1v) is 12.1. The van der Waals surface area contributed by atoms with E-state index in [2.05, 4.69) is 5.10 Å². The van der Waals surface area contributed by atoms with Gasteiger partial charge in [0.1, 0.15) is 10.6 Å². The Morgan fingerprint density at radius 1 is 1.03 bits per heavy atom. The molecule has 152 valence electrons. The second kappa shape index (κ2) is 7.41. The molecule has 2 aromatic carbocycles. The van der Waals surface area contributed by atoms with Crippen LogP contribution in [-0.2, 0) is 23.0 Å². The van der Waals surface area contributed by atoms with Crippen molar-refractivity contribution in [3.63, 3.8) is 0 Å². The average Bonchev–Trinajstić information content (AvgIpc) is 3.46. The highest BCUT2D eigenvalue weighted by Crippen LogP contribution is 2.39. The molecule has 0 amide bonds. The summed E-state index contributed by atoms with van der Waals surface area (Å²) in [7, 11) is -3.77. The van der Waals surface area contributed by atoms with Gasteiger partial charge in [-0.05, 0) is 42.0 Å². The maximum absolute atomic E-state index is 13.9. The molecule has 1 aliphatic rings. The highest BCUT2D eigenvalue weighted by Gasteiger charge is 2.38. The summed E-state index contributed by atoms with van der Waals surface area (Å²) in [6.45, 7) is 2.47. The summed E-state index contributed by atoms with van der Waals surface area (Å²) in [5.41, 5.74) is 3.40. The molecule has 0 N–H and O–H groups in total. The van der Waals surface area contributed by atoms with Gasteiger partial charge in [-0.25, -0.2) is 8.42 Å². The van der Waals surface area contributed by atoms with Gasteiger partial charge in [-0.15, -0.1) is 11.3 Å². The molecule has 5 rings (SSSR count). The summed E-state index contributed by atoms with van der Waals surface area (Å²) in [6.07, 6.45) is 2.38. The fraction of sp³-hybridized carbons (Fsp3) is 0.174. The number of sulfonamides is 1. The highest BCUT2D eigenvalue weighted by atomic mass is 32.2. The number of nitrogens with zero attached hydrogens (tertiary/aromatic N) is 3. The molecule has 1 aliphatic heterocycles. The molecule has 5 nitrogen and oxygen atoms in total. The number of hydrogen-bond acceptors (Lipinski definition) is 4. The van der Waals surface area contributed by atoms with E-state index in [9.17, 15) is 8.42 Å². The van der Waals surface area contributed by atoms with Crippen molar-refractivity contribution in [1.82, 2.24) is 9.78 Å². The summed E-state index contributed by atoms with van der Waals surface area (Å²) in [5.74, 6) is 0. The number of thiophene rings is 1. The van der Waals surface area contributed by atoms with Crippen molar-refractivity contribution < 1.29 is 8.42 Å². The van der Waals surface area contributed by atoms with E-state index >= 15 is 0 Å². The fourth-order valence-corrected chi connectivity index (χ4v) is 6.67. The van der Waals surface area contributed by atoms with E-state index in [4.69, 9.17) is 0 Å². The van der Waals surface area contributed by atoms with Crippen LogP contribution in [0.25, 0.3) is 10.6 Å². The molecule has 4 aromatic rings. The molecular formula is C23H21N3O2S2. The molecule has 7 heteroatoms. The van der Waals surface area contributed by atoms with Crippen molar-refractivity contribution in [3.8, 4) is 10.6 Å². The predicted molar refractivity (Wildman–Crippen MR) is 120 cm³/mol. The lowest BCUT2D eigenvalue weighted by atomic mass is 10.1. The van der Waals surface area contributed by atoms with Crippen LogP contribution < -0.4 is 4.31 Å². The van der Waals surface area contributed by atoms with Gasteiger partial charge in [0.2, 0.25) is 0 Å². The van der Waals surface area contributed by atoms with E-state index in [1.807, 2.05) is 79.0 Å². The minimum Gasteiger partial charge on any atom is -0.266 e. The molecule has 30 heavy (non-hydrogen) atoms. The molecule has 1 atom stereocenters. The summed E-state index contributed by atoms with van der Waals surface area (Å²) < 4.78 is 31.0. The molecule has 0 saturated carbocycles. The maximum Gasteiger partial charge on any atom is 0.268 e. The third-order valence-corrected chi connectivity index (χ3v) is 8.16. The predicted octanol–water partition coefficient (Wildman–Crippen LogP) is 4.80. The van der Waals surface area contributed by atoms with Crippen molar-refractivity contribution in [2.45, 2.75) is 30.8 Å². The average molecular weight is 436 g/mol. The smallest absolute Gasteiger partial charge is 0.266 e. The van der Waals surface area contributed by atoms with Gasteiger partial charge < -0.3 is 0 Å². The number of benzene rings is 2. The monoisotopic (exact) mass is 435 g/mol. The molecule has 0 bridgehead atoms. The molecule has 0 spiro atoms. The number of para-hydroxylation sites is 1. The maximum atomic E-state index is 13.9. The van der Waals surface area contributed by atoms with Crippen LogP contribution >= 0.6 is 11.3 Å². The Morgan fingerprint density at radius 3 is 2.57 bits per heavy atom. The molecular weight excluding hydrogens is 414 g/mol. The lowest BCUT2D eigenvalue weighted by Crippen LogP contribution is -2.35. The summed E-state index contributed by atoms with van der Waals surface area (Å²) in [5, 5.41) is 6.63. The Labute approximate surface area is 180 Å². The Bertz CT molecular complexity index is 1280. The molecule has 0 aliphatic carbocycles. The van der Waals surface area contributed by atoms with Crippen LogP contribution in [0.2, 0.25) is 0 Å². The van der Waals surface area contributed by atoms with Gasteiger partial charge >= 0.3 is 0 Å². The lowest BCUT2D eigenvalue weighted by Gasteiger charge is -2.24. The van der Waals surface area contributed by atoms with Gasteiger partial charge in [-0.1, -0.05) is 54.6 Å². The summed E-state index contributed by atoms with van der Waals surface area (Å²) >= 11 is 1.50. The number of fused-ring (bicyclic) bond motifs is 1. The molecule has 1 unspecified atom stereocenters. The zero-order chi connectivity index (χ0) is 20.7. The first kappa shape index (κ1) is 19.1. The molecule has 3 heterocycles. The Balaban J connectivity index is 1.62. The van der Waals surface area contributed by atoms with E-state index in [1.54, 1.807) is 15.2 Å². The highest BCUT2D eigenvalue weighted by molar-refractivity contribution is 7.93. The Morgan fingerprint density at radius 2 is 1.80 bits per heavy atom. The van der Waals surface area contributed by atoms with Crippen molar-refractivity contribution in [2.24, 2.45) is 0 Å². The van der Waals surface area contributed by atoms with Gasteiger partial charge in [0.15, 0.2) is 0 Å². The van der Waals surface area contributed by atoms with Crippen LogP contribution in [0.1, 0.15) is 18.1 Å². The van der Waals surface area contributed by atoms with E-state index in [-0.39, 0.29) is 10.9 Å². The SMILES string of the molecule is CC1Cc2ccccc2N1S(=O)(=O)c1cn(Cc2ccccc2)nc1-c1cccs1. The summed E-state index contributed by atoms with van der Waals surface area (Å²) in [4.78, 5) is 1.10. The third-order valence-electron chi connectivity index (χ3n) is 5.35. The van der Waals surface area contributed by atoms with Crippen LogP contribution in [0, 0.1) is 0 Å². The van der Waals surface area contributed by atoms with Crippen LogP contribution in [0.5, 0.6) is 0 Å². The largest absolute Gasteiger partial charge is 0.268 e. The van der Waals surface area contributed by atoms with Crippen molar-refractivity contribution in [2.75, 3.05) is 4.31 Å². The topological polar surface area (TPSA) is 55.2 Å². The van der Waals surface area contributed by atoms with Crippen LogP contribution in [0.3, 0.4) is 0 Å². The minimum atomic E-state index is -3.77. The number of rotatable bonds is 5. The van der Waals surface area contributed by atoms with E-state index < -0.39 is 10.0 Å². The van der Waals surface area contributed by atoms with Crippen molar-refractivity contribution >= 4 is 27.0 Å². The lowest BCUT2D eigenvalue weighted by molar-refractivity contribution is 0.584. The van der Waals surface area contributed by atoms with E-state index in [0.717, 1.165) is 21.7 Å². The Hall–Kier alpha value is -2.90. The second-order valence-corrected chi connectivity index (χ2v) is 10.2. The minimum absolute atomic E-state index is 0.138. The van der Waals surface area contributed by atoms with E-state index in [1.165, 1.54) is 11.3 Å². The first-order valence-electron chi connectivity index (χ1n) is 9.81. The van der Waals surface area contributed by atoms with Gasteiger partial charge in [-0.3, -0.25) is 8.99 Å². The molecule has 0 saturated heterocycles. The molecule has 0 fully saturated rings. The number of anilines is 1. The van der Waals surface area contributed by atoms with Crippen LogP contribution in [0.15, 0.2) is 83.2 Å². The zero-order valence-electron chi connectivity index (χ0n) is 16.5. The van der Waals surface area contributed by atoms with Gasteiger partial charge in [0, 0.05) is 12.2 Å². The molecule has 2 aromatic heterocycles. The molecule has 0 radical (unpaired) electrons. The van der Waals surface area contributed by atoms with E-state index in [0.29, 0.717) is 18.7 Å². The summed E-state index contributed by atoms with van der Waals surface area (Å²) in [6, 6.07) is 21.4. The first-order chi connectivity index (χ1) is 14.5. The van der Waals surface area contributed by atoms with Crippen molar-refractivity contribution in [3.05, 3.63) is 89.4 Å². The normalized spacial score (nSPS) is 16.0. The fourth-order valence-electron chi connectivity index (χ4n) is 4.04. The second-order valence-electron chi connectivity index (χ2n) is 7.49. The third kappa shape index (κ3) is 3.24. The quantitative estimate of drug-likeness (QED) is 0.452. The van der Waals surface area contributed by atoms with Gasteiger partial charge in [0.05, 0.1) is 17.1 Å². The number of hydrogen-bond donors (Lipinski definition) is 0. The number of aromatic nitrogens is 2.